The maximum absolute atomic E-state index is 11.9. The lowest BCUT2D eigenvalue weighted by Crippen LogP contribution is -2.27. The molecule has 0 amide bonds. The highest BCUT2D eigenvalue weighted by Crippen LogP contribution is 2.48. The van der Waals surface area contributed by atoms with Gasteiger partial charge in [-0.05, 0) is 5.56 Å². The van der Waals surface area contributed by atoms with Crippen LogP contribution in [0.1, 0.15) is 11.1 Å². The van der Waals surface area contributed by atoms with Gasteiger partial charge in [-0.1, -0.05) is 24.3 Å². The zero-order chi connectivity index (χ0) is 9.60. The van der Waals surface area contributed by atoms with Crippen molar-refractivity contribution in [3.05, 3.63) is 35.4 Å². The molecule has 1 fully saturated rings. The largest absolute Gasteiger partial charge is 0.352 e. The lowest BCUT2D eigenvalue weighted by atomic mass is 10.1. The second kappa shape index (κ2) is 2.84. The first-order valence-electron chi connectivity index (χ1n) is 4.72. The molecule has 1 unspecified atom stereocenters. The zero-order valence-corrected chi connectivity index (χ0v) is 8.47. The molecular weight excluding hydrogens is 196 g/mol. The molecule has 0 aromatic heterocycles. The van der Waals surface area contributed by atoms with Crippen molar-refractivity contribution in [1.82, 2.24) is 0 Å². The van der Waals surface area contributed by atoms with E-state index in [2.05, 4.69) is 0 Å². The van der Waals surface area contributed by atoms with Crippen molar-refractivity contribution in [3.8, 4) is 0 Å². The summed E-state index contributed by atoms with van der Waals surface area (Å²) in [7, 11) is 0. The Morgan fingerprint density at radius 2 is 2.21 bits per heavy atom. The summed E-state index contributed by atoms with van der Waals surface area (Å²) in [5.41, 5.74) is 2.21. The average Bonchev–Trinajstić information content (AvgIpc) is 2.77. The van der Waals surface area contributed by atoms with Gasteiger partial charge in [-0.15, -0.1) is 11.8 Å². The van der Waals surface area contributed by atoms with Gasteiger partial charge in [0.2, 0.25) is 0 Å². The average molecular weight is 206 g/mol. The molecule has 2 aliphatic rings. The summed E-state index contributed by atoms with van der Waals surface area (Å²) in [6.07, 6.45) is 0.531. The minimum absolute atomic E-state index is 0.209. The first-order valence-corrected chi connectivity index (χ1v) is 5.71. The molecule has 2 nitrogen and oxygen atoms in total. The van der Waals surface area contributed by atoms with Gasteiger partial charge < -0.3 is 4.74 Å². The molecule has 1 aliphatic carbocycles. The van der Waals surface area contributed by atoms with Crippen molar-refractivity contribution in [1.29, 1.82) is 0 Å². The number of benzene rings is 1. The van der Waals surface area contributed by atoms with E-state index in [0.717, 1.165) is 16.9 Å². The van der Waals surface area contributed by atoms with Gasteiger partial charge in [-0.3, -0.25) is 4.79 Å². The Balaban J connectivity index is 2.18. The van der Waals surface area contributed by atoms with Crippen LogP contribution in [0.3, 0.4) is 0 Å². The smallest absolute Gasteiger partial charge is 0.198 e. The fraction of sp³-hybridized carbons (Fsp3) is 0.364. The molecule has 1 atom stereocenters. The number of carbonyl (C=O) groups excluding carboxylic acids is 1. The summed E-state index contributed by atoms with van der Waals surface area (Å²) in [5.74, 6) is 1.13. The number of ketones is 1. The molecule has 1 heterocycles. The number of carbonyl (C=O) groups is 1. The Hall–Kier alpha value is -0.800. The van der Waals surface area contributed by atoms with E-state index >= 15 is 0 Å². The van der Waals surface area contributed by atoms with Crippen LogP contribution in [0.15, 0.2) is 24.3 Å². The molecule has 3 rings (SSSR count). The number of hydrogen-bond donors (Lipinski definition) is 0. The lowest BCUT2D eigenvalue weighted by Gasteiger charge is -2.20. The second-order valence-corrected chi connectivity index (χ2v) is 4.84. The van der Waals surface area contributed by atoms with Crippen molar-refractivity contribution in [2.75, 3.05) is 12.4 Å². The Kier molecular flexibility index (Phi) is 1.73. The van der Waals surface area contributed by atoms with Gasteiger partial charge in [-0.25, -0.2) is 0 Å². The fourth-order valence-electron chi connectivity index (χ4n) is 2.16. The van der Waals surface area contributed by atoms with E-state index in [-0.39, 0.29) is 5.78 Å². The summed E-state index contributed by atoms with van der Waals surface area (Å²) in [6.45, 7) is 0.685. The monoisotopic (exact) mass is 206 g/mol. The second-order valence-electron chi connectivity index (χ2n) is 3.57. The third kappa shape index (κ3) is 0.940. The summed E-state index contributed by atoms with van der Waals surface area (Å²) >= 11 is 1.63. The van der Waals surface area contributed by atoms with Crippen molar-refractivity contribution in [3.63, 3.8) is 0 Å². The minimum Gasteiger partial charge on any atom is -0.352 e. The zero-order valence-electron chi connectivity index (χ0n) is 7.66. The summed E-state index contributed by atoms with van der Waals surface area (Å²) in [6, 6.07) is 7.98. The van der Waals surface area contributed by atoms with Crippen molar-refractivity contribution in [2.24, 2.45) is 0 Å². The van der Waals surface area contributed by atoms with E-state index in [0.29, 0.717) is 13.0 Å². The quantitative estimate of drug-likeness (QED) is 0.646. The number of fused-ring (bicyclic) bond motifs is 2. The van der Waals surface area contributed by atoms with E-state index < -0.39 is 4.93 Å². The van der Waals surface area contributed by atoms with Crippen LogP contribution in [0.2, 0.25) is 0 Å². The van der Waals surface area contributed by atoms with Crippen LogP contribution < -0.4 is 0 Å². The molecule has 1 aromatic carbocycles. The highest BCUT2D eigenvalue weighted by atomic mass is 32.2. The van der Waals surface area contributed by atoms with E-state index in [1.807, 2.05) is 24.3 Å². The maximum atomic E-state index is 11.9. The summed E-state index contributed by atoms with van der Waals surface area (Å²) in [5, 5.41) is 0. The first-order chi connectivity index (χ1) is 6.83. The minimum atomic E-state index is -0.642. The van der Waals surface area contributed by atoms with Crippen LogP contribution in [-0.2, 0) is 20.9 Å². The molecule has 0 bridgehead atoms. The molecule has 1 spiro atoms. The standard InChI is InChI=1S/C11H10O2S/c12-10-7-8-3-1-2-4-9(8)11(10)13-5-6-14-11/h1-4H,5-7H2. The molecule has 3 heteroatoms. The van der Waals surface area contributed by atoms with Gasteiger partial charge in [0.25, 0.3) is 0 Å². The number of rotatable bonds is 0. The third-order valence-electron chi connectivity index (χ3n) is 2.78. The van der Waals surface area contributed by atoms with E-state index in [1.54, 1.807) is 11.8 Å². The van der Waals surface area contributed by atoms with Crippen molar-refractivity contribution < 1.29 is 9.53 Å². The van der Waals surface area contributed by atoms with Crippen LogP contribution in [0.4, 0.5) is 0 Å². The highest BCUT2D eigenvalue weighted by Gasteiger charge is 2.50. The van der Waals surface area contributed by atoms with Crippen molar-refractivity contribution in [2.45, 2.75) is 11.4 Å². The van der Waals surface area contributed by atoms with Crippen LogP contribution in [0, 0.1) is 0 Å². The molecule has 0 N–H and O–H groups in total. The number of hydrogen-bond acceptors (Lipinski definition) is 3. The SMILES string of the molecule is O=C1Cc2ccccc2C12OCCS2. The third-order valence-corrected chi connectivity index (χ3v) is 4.13. The molecular formula is C11H10O2S. The predicted octanol–water partition coefficient (Wildman–Crippen LogP) is 1.73. The van der Waals surface area contributed by atoms with E-state index in [4.69, 9.17) is 4.74 Å². The maximum Gasteiger partial charge on any atom is 0.198 e. The summed E-state index contributed by atoms with van der Waals surface area (Å²) in [4.78, 5) is 11.3. The predicted molar refractivity (Wildman–Crippen MR) is 55.2 cm³/mol. The van der Waals surface area contributed by atoms with Crippen LogP contribution >= 0.6 is 11.8 Å². The summed E-state index contributed by atoms with van der Waals surface area (Å²) < 4.78 is 5.65. The van der Waals surface area contributed by atoms with E-state index in [9.17, 15) is 4.79 Å². The van der Waals surface area contributed by atoms with Crippen molar-refractivity contribution >= 4 is 17.5 Å². The fourth-order valence-corrected chi connectivity index (χ4v) is 3.37. The molecule has 0 radical (unpaired) electrons. The number of ether oxygens (including phenoxy) is 1. The first kappa shape index (κ1) is 8.50. The Bertz CT molecular complexity index is 394. The van der Waals surface area contributed by atoms with Gasteiger partial charge in [0, 0.05) is 17.7 Å². The van der Waals surface area contributed by atoms with Crippen LogP contribution in [-0.4, -0.2) is 18.1 Å². The topological polar surface area (TPSA) is 26.3 Å². The lowest BCUT2D eigenvalue weighted by molar-refractivity contribution is -0.130. The number of Topliss-reactive ketones (excluding diaryl/α,β-unsaturated/α-hetero) is 1. The van der Waals surface area contributed by atoms with E-state index in [1.165, 1.54) is 0 Å². The van der Waals surface area contributed by atoms with Gasteiger partial charge in [0.1, 0.15) is 0 Å². The molecule has 1 saturated heterocycles. The van der Waals surface area contributed by atoms with Crippen LogP contribution in [0.5, 0.6) is 0 Å². The normalized spacial score (nSPS) is 29.9. The molecule has 1 aliphatic heterocycles. The van der Waals surface area contributed by atoms with Gasteiger partial charge in [0.05, 0.1) is 6.61 Å². The number of thioether (sulfide) groups is 1. The van der Waals surface area contributed by atoms with Gasteiger partial charge in [0.15, 0.2) is 10.7 Å². The molecule has 0 saturated carbocycles. The molecule has 1 aromatic rings. The Morgan fingerprint density at radius 1 is 1.36 bits per heavy atom. The van der Waals surface area contributed by atoms with Crippen LogP contribution in [0.25, 0.3) is 0 Å². The molecule has 72 valence electrons. The Labute approximate surface area is 86.6 Å². The van der Waals surface area contributed by atoms with Gasteiger partial charge in [-0.2, -0.15) is 0 Å². The molecule has 14 heavy (non-hydrogen) atoms. The van der Waals surface area contributed by atoms with Gasteiger partial charge >= 0.3 is 0 Å². The highest BCUT2D eigenvalue weighted by molar-refractivity contribution is 8.01. The Morgan fingerprint density at radius 3 is 3.00 bits per heavy atom.